The van der Waals surface area contributed by atoms with Crippen molar-refractivity contribution in [2.24, 2.45) is 4.99 Å². The Hall–Kier alpha value is -3.86. The molecule has 0 bridgehead atoms. The predicted octanol–water partition coefficient (Wildman–Crippen LogP) is 1.73. The van der Waals surface area contributed by atoms with Crippen molar-refractivity contribution < 1.29 is 19.1 Å². The number of nitro groups is 1. The minimum absolute atomic E-state index is 0.0292. The van der Waals surface area contributed by atoms with Crippen LogP contribution in [-0.4, -0.2) is 37.5 Å². The Kier molecular flexibility index (Phi) is 5.82. The van der Waals surface area contributed by atoms with Gasteiger partial charge in [-0.3, -0.25) is 19.5 Å². The molecule has 1 aliphatic heterocycles. The van der Waals surface area contributed by atoms with E-state index in [0.717, 1.165) is 5.69 Å². The first-order valence-corrected chi connectivity index (χ1v) is 10.3. The van der Waals surface area contributed by atoms with Crippen LogP contribution in [0.1, 0.15) is 5.56 Å². The second-order valence-corrected chi connectivity index (χ2v) is 7.85. The molecule has 0 saturated heterocycles. The summed E-state index contributed by atoms with van der Waals surface area (Å²) in [6, 6.07) is 9.75. The van der Waals surface area contributed by atoms with Crippen LogP contribution in [0.2, 0.25) is 0 Å². The first-order valence-electron chi connectivity index (χ1n) is 9.50. The smallest absolute Gasteiger partial charge is 0.271 e. The minimum atomic E-state index is -0.464. The molecule has 11 heteroatoms. The number of thiazole rings is 1. The monoisotopic (exact) mass is 456 g/mol. The van der Waals surface area contributed by atoms with E-state index in [4.69, 9.17) is 14.2 Å². The Balaban J connectivity index is 1.71. The van der Waals surface area contributed by atoms with E-state index in [1.807, 2.05) is 4.90 Å². The number of nitro benzene ring substituents is 1. The summed E-state index contributed by atoms with van der Waals surface area (Å²) in [7, 11) is 4.62. The molecule has 1 aromatic heterocycles. The van der Waals surface area contributed by atoms with E-state index in [9.17, 15) is 14.9 Å². The van der Waals surface area contributed by atoms with Gasteiger partial charge in [-0.1, -0.05) is 23.5 Å². The van der Waals surface area contributed by atoms with Crippen molar-refractivity contribution in [3.8, 4) is 17.2 Å². The first-order chi connectivity index (χ1) is 15.4. The summed E-state index contributed by atoms with van der Waals surface area (Å²) in [6.07, 6.45) is 1.64. The third-order valence-corrected chi connectivity index (χ3v) is 6.01. The molecule has 2 heterocycles. The number of aromatic nitrogens is 1. The van der Waals surface area contributed by atoms with Crippen molar-refractivity contribution in [2.45, 2.75) is 6.67 Å². The van der Waals surface area contributed by atoms with E-state index in [2.05, 4.69) is 4.99 Å². The summed E-state index contributed by atoms with van der Waals surface area (Å²) in [5, 5.41) is 11.0. The SMILES string of the molecule is COc1cc(N2CN=c3sc(=Cc4cccc([N+](=O)[O-])c4)c(=O)n3C2)cc(OC)c1OC. The van der Waals surface area contributed by atoms with Gasteiger partial charge in [0.25, 0.3) is 11.2 Å². The lowest BCUT2D eigenvalue weighted by Gasteiger charge is -2.27. The van der Waals surface area contributed by atoms with E-state index in [1.165, 1.54) is 30.6 Å². The number of rotatable bonds is 6. The Labute approximate surface area is 186 Å². The van der Waals surface area contributed by atoms with E-state index in [-0.39, 0.29) is 17.9 Å². The zero-order valence-electron chi connectivity index (χ0n) is 17.6. The van der Waals surface area contributed by atoms with Crippen LogP contribution in [0, 0.1) is 10.1 Å². The van der Waals surface area contributed by atoms with E-state index in [1.54, 1.807) is 49.1 Å². The fourth-order valence-electron chi connectivity index (χ4n) is 3.40. The molecule has 10 nitrogen and oxygen atoms in total. The lowest BCUT2D eigenvalue weighted by atomic mass is 10.2. The van der Waals surface area contributed by atoms with Crippen LogP contribution in [0.4, 0.5) is 11.4 Å². The van der Waals surface area contributed by atoms with Gasteiger partial charge in [0.05, 0.1) is 30.8 Å². The summed E-state index contributed by atoms with van der Waals surface area (Å²) in [5.74, 6) is 1.49. The van der Waals surface area contributed by atoms with Gasteiger partial charge in [-0.2, -0.15) is 0 Å². The topological polar surface area (TPSA) is 108 Å². The maximum atomic E-state index is 13.0. The molecule has 0 radical (unpaired) electrons. The molecular weight excluding hydrogens is 436 g/mol. The largest absolute Gasteiger partial charge is 0.493 e. The summed E-state index contributed by atoms with van der Waals surface area (Å²) in [4.78, 5) is 30.6. The highest BCUT2D eigenvalue weighted by Gasteiger charge is 2.20. The third kappa shape index (κ3) is 3.89. The number of methoxy groups -OCH3 is 3. The van der Waals surface area contributed by atoms with Crippen molar-refractivity contribution in [2.75, 3.05) is 32.9 Å². The number of hydrogen-bond donors (Lipinski definition) is 0. The molecule has 0 amide bonds. The van der Waals surface area contributed by atoms with E-state index in [0.29, 0.717) is 38.8 Å². The molecule has 3 aromatic rings. The van der Waals surface area contributed by atoms with Crippen molar-refractivity contribution in [3.05, 3.63) is 71.8 Å². The zero-order valence-corrected chi connectivity index (χ0v) is 18.4. The maximum absolute atomic E-state index is 13.0. The molecule has 0 unspecified atom stereocenters. The third-order valence-electron chi connectivity index (χ3n) is 4.97. The first kappa shape index (κ1) is 21.4. The van der Waals surface area contributed by atoms with Crippen LogP contribution >= 0.6 is 11.3 Å². The van der Waals surface area contributed by atoms with Crippen LogP contribution in [0.15, 0.2) is 46.2 Å². The summed E-state index contributed by atoms with van der Waals surface area (Å²) in [5.41, 5.74) is 1.10. The zero-order chi connectivity index (χ0) is 22.8. The number of ether oxygens (including phenoxy) is 3. The molecule has 0 fully saturated rings. The van der Waals surface area contributed by atoms with Crippen LogP contribution < -0.4 is 34.0 Å². The number of anilines is 1. The van der Waals surface area contributed by atoms with E-state index >= 15 is 0 Å². The summed E-state index contributed by atoms with van der Waals surface area (Å²) >= 11 is 1.25. The molecule has 4 rings (SSSR count). The minimum Gasteiger partial charge on any atom is -0.493 e. The average molecular weight is 456 g/mol. The lowest BCUT2D eigenvalue weighted by Crippen LogP contribution is -2.42. The second-order valence-electron chi connectivity index (χ2n) is 6.84. The number of nitrogens with zero attached hydrogens (tertiary/aromatic N) is 4. The van der Waals surface area contributed by atoms with Gasteiger partial charge in [-0.25, -0.2) is 4.99 Å². The Morgan fingerprint density at radius 2 is 1.84 bits per heavy atom. The van der Waals surface area contributed by atoms with Crippen LogP contribution in [0.3, 0.4) is 0 Å². The molecule has 1 aliphatic rings. The highest BCUT2D eigenvalue weighted by molar-refractivity contribution is 7.07. The lowest BCUT2D eigenvalue weighted by molar-refractivity contribution is -0.384. The van der Waals surface area contributed by atoms with Crippen molar-refractivity contribution in [1.82, 2.24) is 4.57 Å². The van der Waals surface area contributed by atoms with Crippen LogP contribution in [-0.2, 0) is 6.67 Å². The van der Waals surface area contributed by atoms with Gasteiger partial charge in [-0.05, 0) is 11.6 Å². The fraction of sp³-hybridized carbons (Fsp3) is 0.238. The predicted molar refractivity (Wildman–Crippen MR) is 119 cm³/mol. The second kappa shape index (κ2) is 8.71. The molecule has 0 atom stereocenters. The fourth-order valence-corrected chi connectivity index (χ4v) is 4.37. The number of non-ortho nitro benzene ring substituents is 1. The number of fused-ring (bicyclic) bond motifs is 1. The highest BCUT2D eigenvalue weighted by atomic mass is 32.1. The number of benzene rings is 2. The van der Waals surface area contributed by atoms with Crippen molar-refractivity contribution in [1.29, 1.82) is 0 Å². The Morgan fingerprint density at radius 1 is 1.12 bits per heavy atom. The molecular formula is C21H20N4O6S. The Bertz CT molecular complexity index is 1340. The quantitative estimate of drug-likeness (QED) is 0.411. The van der Waals surface area contributed by atoms with Crippen LogP contribution in [0.25, 0.3) is 6.08 Å². The molecule has 166 valence electrons. The summed E-state index contributed by atoms with van der Waals surface area (Å²) in [6.45, 7) is 0.629. The van der Waals surface area contributed by atoms with Gasteiger partial charge in [0, 0.05) is 30.0 Å². The molecule has 2 aromatic carbocycles. The molecule has 0 saturated carbocycles. The molecule has 0 spiro atoms. The summed E-state index contributed by atoms with van der Waals surface area (Å²) < 4.78 is 18.2. The Morgan fingerprint density at radius 3 is 2.47 bits per heavy atom. The van der Waals surface area contributed by atoms with E-state index < -0.39 is 4.92 Å². The van der Waals surface area contributed by atoms with Crippen molar-refractivity contribution >= 4 is 28.8 Å². The van der Waals surface area contributed by atoms with Gasteiger partial charge >= 0.3 is 0 Å². The van der Waals surface area contributed by atoms with Gasteiger partial charge in [0.2, 0.25) is 5.75 Å². The highest BCUT2D eigenvalue weighted by Crippen LogP contribution is 2.41. The maximum Gasteiger partial charge on any atom is 0.271 e. The normalized spacial score (nSPS) is 13.3. The van der Waals surface area contributed by atoms with Gasteiger partial charge in [0.1, 0.15) is 13.3 Å². The van der Waals surface area contributed by atoms with Gasteiger partial charge in [0.15, 0.2) is 16.3 Å². The van der Waals surface area contributed by atoms with Gasteiger partial charge < -0.3 is 19.1 Å². The number of hydrogen-bond acceptors (Lipinski definition) is 9. The average Bonchev–Trinajstić information content (AvgIpc) is 3.12. The molecule has 32 heavy (non-hydrogen) atoms. The van der Waals surface area contributed by atoms with Crippen LogP contribution in [0.5, 0.6) is 17.2 Å². The molecule has 0 aliphatic carbocycles. The van der Waals surface area contributed by atoms with Gasteiger partial charge in [-0.15, -0.1) is 0 Å². The standard InChI is InChI=1S/C21H20N4O6S/c1-29-16-9-15(10-17(30-2)19(16)31-3)23-11-22-21-24(12-23)20(26)18(32-21)8-13-5-4-6-14(7-13)25(27)28/h4-10H,11-12H2,1-3H3. The van der Waals surface area contributed by atoms with Crippen molar-refractivity contribution in [3.63, 3.8) is 0 Å². The molecule has 0 N–H and O–H groups in total.